The molecule has 2 rings (SSSR count). The molecule has 0 spiro atoms. The van der Waals surface area contributed by atoms with E-state index >= 15 is 0 Å². The Morgan fingerprint density at radius 3 is 2.47 bits per heavy atom. The zero-order chi connectivity index (χ0) is 13.8. The smallest absolute Gasteiger partial charge is 0.125 e. The summed E-state index contributed by atoms with van der Waals surface area (Å²) in [7, 11) is 2.02. The van der Waals surface area contributed by atoms with Gasteiger partial charge in [0, 0.05) is 23.2 Å². The number of anilines is 1. The Labute approximate surface area is 121 Å². The SMILES string of the molecule is CN(Cc1ccc(F)cc1N)Cc1ccccc1Br. The van der Waals surface area contributed by atoms with Gasteiger partial charge in [0.1, 0.15) is 5.82 Å². The van der Waals surface area contributed by atoms with Gasteiger partial charge >= 0.3 is 0 Å². The number of nitrogens with two attached hydrogens (primary N) is 1. The van der Waals surface area contributed by atoms with Crippen LogP contribution in [0, 0.1) is 5.82 Å². The first kappa shape index (κ1) is 14.0. The Hall–Kier alpha value is -1.39. The summed E-state index contributed by atoms with van der Waals surface area (Å²) in [6, 6.07) is 12.6. The van der Waals surface area contributed by atoms with Crippen molar-refractivity contribution < 1.29 is 4.39 Å². The van der Waals surface area contributed by atoms with Gasteiger partial charge in [0.2, 0.25) is 0 Å². The molecule has 0 aromatic heterocycles. The lowest BCUT2D eigenvalue weighted by molar-refractivity contribution is 0.319. The molecule has 0 aliphatic rings. The molecule has 2 aromatic rings. The standard InChI is InChI=1S/C15H16BrFN2/c1-19(9-11-4-2-3-5-14(11)16)10-12-6-7-13(17)8-15(12)18/h2-8H,9-10,18H2,1H3. The molecule has 0 aliphatic heterocycles. The normalized spacial score (nSPS) is 10.9. The molecule has 4 heteroatoms. The first-order valence-electron chi connectivity index (χ1n) is 6.02. The van der Waals surface area contributed by atoms with Crippen molar-refractivity contribution in [1.29, 1.82) is 0 Å². The molecule has 0 saturated carbocycles. The second-order valence-corrected chi connectivity index (χ2v) is 5.46. The van der Waals surface area contributed by atoms with E-state index in [9.17, 15) is 4.39 Å². The molecule has 0 bridgehead atoms. The first-order chi connectivity index (χ1) is 9.06. The van der Waals surface area contributed by atoms with Crippen LogP contribution in [0.15, 0.2) is 46.9 Å². The summed E-state index contributed by atoms with van der Waals surface area (Å²) in [5.41, 5.74) is 8.47. The van der Waals surface area contributed by atoms with Crippen molar-refractivity contribution in [3.63, 3.8) is 0 Å². The summed E-state index contributed by atoms with van der Waals surface area (Å²) in [6.45, 7) is 1.49. The van der Waals surface area contributed by atoms with E-state index in [1.54, 1.807) is 6.07 Å². The molecular formula is C15H16BrFN2. The molecule has 2 aromatic carbocycles. The van der Waals surface area contributed by atoms with Crippen molar-refractivity contribution in [1.82, 2.24) is 4.90 Å². The van der Waals surface area contributed by atoms with Gasteiger partial charge < -0.3 is 5.73 Å². The van der Waals surface area contributed by atoms with Crippen LogP contribution in [0.3, 0.4) is 0 Å². The van der Waals surface area contributed by atoms with Gasteiger partial charge in [0.05, 0.1) is 0 Å². The quantitative estimate of drug-likeness (QED) is 0.867. The van der Waals surface area contributed by atoms with Crippen LogP contribution in [0.25, 0.3) is 0 Å². The molecule has 0 unspecified atom stereocenters. The Balaban J connectivity index is 2.05. The summed E-state index contributed by atoms with van der Waals surface area (Å²) in [6.07, 6.45) is 0. The minimum atomic E-state index is -0.297. The van der Waals surface area contributed by atoms with E-state index in [1.807, 2.05) is 25.2 Å². The van der Waals surface area contributed by atoms with E-state index in [2.05, 4.69) is 26.9 Å². The average Bonchev–Trinajstić information content (AvgIpc) is 2.36. The molecule has 2 nitrogen and oxygen atoms in total. The van der Waals surface area contributed by atoms with Crippen LogP contribution in [0.1, 0.15) is 11.1 Å². The number of rotatable bonds is 4. The number of halogens is 2. The molecule has 0 radical (unpaired) electrons. The maximum atomic E-state index is 13.0. The molecule has 0 heterocycles. The topological polar surface area (TPSA) is 29.3 Å². The van der Waals surface area contributed by atoms with Crippen molar-refractivity contribution in [2.24, 2.45) is 0 Å². The van der Waals surface area contributed by atoms with Crippen LogP contribution >= 0.6 is 15.9 Å². The van der Waals surface area contributed by atoms with Crippen LogP contribution in [-0.2, 0) is 13.1 Å². The fraction of sp³-hybridized carbons (Fsp3) is 0.200. The Kier molecular flexibility index (Phi) is 4.56. The van der Waals surface area contributed by atoms with E-state index in [-0.39, 0.29) is 5.82 Å². The lowest BCUT2D eigenvalue weighted by atomic mass is 10.1. The third-order valence-corrected chi connectivity index (χ3v) is 3.72. The molecule has 2 N–H and O–H groups in total. The van der Waals surface area contributed by atoms with E-state index in [0.717, 1.165) is 16.6 Å². The van der Waals surface area contributed by atoms with E-state index < -0.39 is 0 Å². The van der Waals surface area contributed by atoms with Gasteiger partial charge in [-0.1, -0.05) is 40.2 Å². The zero-order valence-electron chi connectivity index (χ0n) is 10.7. The number of hydrogen-bond donors (Lipinski definition) is 1. The zero-order valence-corrected chi connectivity index (χ0v) is 12.3. The second kappa shape index (κ2) is 6.17. The van der Waals surface area contributed by atoms with E-state index in [1.165, 1.54) is 17.7 Å². The molecule has 100 valence electrons. The maximum Gasteiger partial charge on any atom is 0.125 e. The van der Waals surface area contributed by atoms with Crippen molar-refractivity contribution in [2.75, 3.05) is 12.8 Å². The van der Waals surface area contributed by atoms with Crippen LogP contribution in [0.5, 0.6) is 0 Å². The molecule has 19 heavy (non-hydrogen) atoms. The second-order valence-electron chi connectivity index (χ2n) is 4.61. The van der Waals surface area contributed by atoms with Gasteiger partial charge in [0.15, 0.2) is 0 Å². The third kappa shape index (κ3) is 3.78. The fourth-order valence-electron chi connectivity index (χ4n) is 1.97. The van der Waals surface area contributed by atoms with Gasteiger partial charge in [0.25, 0.3) is 0 Å². The van der Waals surface area contributed by atoms with Crippen molar-refractivity contribution >= 4 is 21.6 Å². The monoisotopic (exact) mass is 322 g/mol. The predicted octanol–water partition coefficient (Wildman–Crippen LogP) is 3.80. The highest BCUT2D eigenvalue weighted by Crippen LogP contribution is 2.20. The summed E-state index contributed by atoms with van der Waals surface area (Å²) in [4.78, 5) is 2.14. The summed E-state index contributed by atoms with van der Waals surface area (Å²) < 4.78 is 14.1. The largest absolute Gasteiger partial charge is 0.398 e. The Bertz CT molecular complexity index is 572. The minimum absolute atomic E-state index is 0.297. The molecule has 0 amide bonds. The van der Waals surface area contributed by atoms with Crippen molar-refractivity contribution in [3.05, 3.63) is 63.9 Å². The van der Waals surface area contributed by atoms with Crippen LogP contribution in [-0.4, -0.2) is 11.9 Å². The maximum absolute atomic E-state index is 13.0. The lowest BCUT2D eigenvalue weighted by Crippen LogP contribution is -2.18. The lowest BCUT2D eigenvalue weighted by Gasteiger charge is -2.18. The van der Waals surface area contributed by atoms with Gasteiger partial charge in [-0.2, -0.15) is 0 Å². The predicted molar refractivity (Wildman–Crippen MR) is 80.1 cm³/mol. The number of nitrogens with zero attached hydrogens (tertiary/aromatic N) is 1. The highest BCUT2D eigenvalue weighted by atomic mass is 79.9. The highest BCUT2D eigenvalue weighted by Gasteiger charge is 2.07. The average molecular weight is 323 g/mol. The van der Waals surface area contributed by atoms with E-state index in [4.69, 9.17) is 5.73 Å². The van der Waals surface area contributed by atoms with E-state index in [0.29, 0.717) is 12.2 Å². The van der Waals surface area contributed by atoms with Gasteiger partial charge in [-0.3, -0.25) is 4.90 Å². The molecule has 0 saturated heterocycles. The van der Waals surface area contributed by atoms with Crippen LogP contribution < -0.4 is 5.73 Å². The van der Waals surface area contributed by atoms with Crippen molar-refractivity contribution in [2.45, 2.75) is 13.1 Å². The number of nitrogen functional groups attached to an aromatic ring is 1. The highest BCUT2D eigenvalue weighted by molar-refractivity contribution is 9.10. The molecule has 0 aliphatic carbocycles. The van der Waals surface area contributed by atoms with Crippen molar-refractivity contribution in [3.8, 4) is 0 Å². The fourth-order valence-corrected chi connectivity index (χ4v) is 2.38. The molecule has 0 atom stereocenters. The number of benzene rings is 2. The summed E-state index contributed by atoms with van der Waals surface area (Å²) in [5.74, 6) is -0.297. The molecular weight excluding hydrogens is 307 g/mol. The van der Waals surface area contributed by atoms with Crippen LogP contribution in [0.2, 0.25) is 0 Å². The third-order valence-electron chi connectivity index (χ3n) is 2.95. The number of hydrogen-bond acceptors (Lipinski definition) is 2. The van der Waals surface area contributed by atoms with Crippen LogP contribution in [0.4, 0.5) is 10.1 Å². The van der Waals surface area contributed by atoms with Gasteiger partial charge in [-0.25, -0.2) is 4.39 Å². The molecule has 0 fully saturated rings. The summed E-state index contributed by atoms with van der Waals surface area (Å²) in [5, 5.41) is 0. The summed E-state index contributed by atoms with van der Waals surface area (Å²) >= 11 is 3.53. The Morgan fingerprint density at radius 1 is 1.11 bits per heavy atom. The van der Waals surface area contributed by atoms with Gasteiger partial charge in [-0.15, -0.1) is 0 Å². The first-order valence-corrected chi connectivity index (χ1v) is 6.81. The minimum Gasteiger partial charge on any atom is -0.398 e. The van der Waals surface area contributed by atoms with Gasteiger partial charge in [-0.05, 0) is 36.4 Å². The Morgan fingerprint density at radius 2 is 1.79 bits per heavy atom.